The average Bonchev–Trinajstić information content (AvgIpc) is 3.24. The van der Waals surface area contributed by atoms with E-state index in [9.17, 15) is 24.5 Å². The lowest BCUT2D eigenvalue weighted by molar-refractivity contribution is -0.380. The van der Waals surface area contributed by atoms with Crippen molar-refractivity contribution in [3.8, 4) is 0 Å². The van der Waals surface area contributed by atoms with Crippen LogP contribution >= 0.6 is 11.3 Å². The van der Waals surface area contributed by atoms with Gasteiger partial charge in [-0.25, -0.2) is 0 Å². The van der Waals surface area contributed by atoms with Crippen LogP contribution in [0.1, 0.15) is 33.4 Å². The molecular formula is C20H22N4O5S. The van der Waals surface area contributed by atoms with Crippen LogP contribution in [0.15, 0.2) is 42.5 Å². The van der Waals surface area contributed by atoms with Crippen LogP contribution < -0.4 is 5.32 Å². The van der Waals surface area contributed by atoms with Gasteiger partial charge in [-0.2, -0.15) is 0 Å². The summed E-state index contributed by atoms with van der Waals surface area (Å²) in [6.45, 7) is 3.28. The predicted molar refractivity (Wildman–Crippen MR) is 111 cm³/mol. The maximum absolute atomic E-state index is 12.5. The molecule has 158 valence electrons. The van der Waals surface area contributed by atoms with Gasteiger partial charge in [0.2, 0.25) is 5.91 Å². The summed E-state index contributed by atoms with van der Waals surface area (Å²) in [5, 5.41) is 13.5. The highest BCUT2D eigenvalue weighted by molar-refractivity contribution is 7.17. The van der Waals surface area contributed by atoms with Crippen LogP contribution in [-0.2, 0) is 4.79 Å². The van der Waals surface area contributed by atoms with Crippen LogP contribution in [0.5, 0.6) is 0 Å². The Balaban J connectivity index is 1.47. The number of nitrogens with zero attached hydrogens (tertiary/aromatic N) is 3. The summed E-state index contributed by atoms with van der Waals surface area (Å²) >= 11 is 0.851. The Morgan fingerprint density at radius 2 is 1.70 bits per heavy atom. The molecule has 0 radical (unpaired) electrons. The van der Waals surface area contributed by atoms with E-state index in [4.69, 9.17) is 0 Å². The highest BCUT2D eigenvalue weighted by Gasteiger charge is 2.27. The number of rotatable bonds is 6. The molecule has 0 aliphatic carbocycles. The summed E-state index contributed by atoms with van der Waals surface area (Å²) in [5.74, 6) is -0.574. The summed E-state index contributed by atoms with van der Waals surface area (Å²) < 4.78 is 0. The van der Waals surface area contributed by atoms with Crippen molar-refractivity contribution in [2.75, 3.05) is 26.2 Å². The number of hydrogen-bond acceptors (Lipinski definition) is 6. The first-order valence-electron chi connectivity index (χ1n) is 9.52. The summed E-state index contributed by atoms with van der Waals surface area (Å²) in [7, 11) is 0. The van der Waals surface area contributed by atoms with Gasteiger partial charge in [0.1, 0.15) is 0 Å². The number of nitrogens with one attached hydrogen (secondary N) is 1. The van der Waals surface area contributed by atoms with E-state index >= 15 is 0 Å². The number of thiophene rings is 1. The van der Waals surface area contributed by atoms with E-state index in [1.54, 1.807) is 41.0 Å². The van der Waals surface area contributed by atoms with Crippen molar-refractivity contribution in [2.45, 2.75) is 19.4 Å². The molecule has 0 bridgehead atoms. The van der Waals surface area contributed by atoms with E-state index in [0.29, 0.717) is 36.6 Å². The second-order valence-electron chi connectivity index (χ2n) is 7.01. The minimum Gasteiger partial charge on any atom is -0.349 e. The standard InChI is InChI=1S/C20H22N4O5S/c1-14(21-19(26)15-5-3-2-4-6-15)13-17(25)22-9-11-23(12-10-22)20(27)16-7-8-18(30-16)24(28)29/h2-8,14H,9-13H2,1H3,(H,21,26). The maximum Gasteiger partial charge on any atom is 0.324 e. The molecule has 1 aliphatic heterocycles. The summed E-state index contributed by atoms with van der Waals surface area (Å²) in [5.41, 5.74) is 0.540. The Hall–Kier alpha value is -3.27. The average molecular weight is 430 g/mol. The number of benzene rings is 1. The number of carbonyl (C=O) groups is 3. The van der Waals surface area contributed by atoms with E-state index in [-0.39, 0.29) is 35.2 Å². The molecule has 3 amide bonds. The van der Waals surface area contributed by atoms with Crippen LogP contribution in [0.2, 0.25) is 0 Å². The molecule has 1 aromatic carbocycles. The van der Waals surface area contributed by atoms with E-state index in [0.717, 1.165) is 11.3 Å². The van der Waals surface area contributed by atoms with Gasteiger partial charge in [0.05, 0.1) is 9.80 Å². The van der Waals surface area contributed by atoms with Gasteiger partial charge >= 0.3 is 5.00 Å². The van der Waals surface area contributed by atoms with Gasteiger partial charge in [-0.1, -0.05) is 29.5 Å². The number of hydrogen-bond donors (Lipinski definition) is 1. The fraction of sp³-hybridized carbons (Fsp3) is 0.350. The molecule has 2 aromatic rings. The summed E-state index contributed by atoms with van der Waals surface area (Å²) in [4.78, 5) is 51.1. The molecule has 1 saturated heterocycles. The fourth-order valence-corrected chi connectivity index (χ4v) is 3.98. The van der Waals surface area contributed by atoms with E-state index in [1.807, 2.05) is 6.07 Å². The number of amides is 3. The lowest BCUT2D eigenvalue weighted by Gasteiger charge is -2.35. The molecule has 1 atom stereocenters. The zero-order valence-electron chi connectivity index (χ0n) is 16.4. The highest BCUT2D eigenvalue weighted by Crippen LogP contribution is 2.25. The van der Waals surface area contributed by atoms with Crippen LogP contribution in [0.4, 0.5) is 5.00 Å². The van der Waals surface area contributed by atoms with E-state index < -0.39 is 4.92 Å². The van der Waals surface area contributed by atoms with Crippen molar-refractivity contribution in [3.05, 3.63) is 63.0 Å². The smallest absolute Gasteiger partial charge is 0.324 e. The predicted octanol–water partition coefficient (Wildman–Crippen LogP) is 2.15. The molecule has 10 heteroatoms. The molecule has 1 fully saturated rings. The molecule has 1 unspecified atom stereocenters. The first-order valence-corrected chi connectivity index (χ1v) is 10.3. The summed E-state index contributed by atoms with van der Waals surface area (Å²) in [6, 6.07) is 11.3. The minimum atomic E-state index is -0.518. The van der Waals surface area contributed by atoms with Crippen LogP contribution in [0, 0.1) is 10.1 Å². The fourth-order valence-electron chi connectivity index (χ4n) is 3.19. The minimum absolute atomic E-state index is 0.0706. The van der Waals surface area contributed by atoms with Gasteiger partial charge in [0.25, 0.3) is 11.8 Å². The Kier molecular flexibility index (Phi) is 6.78. The first kappa shape index (κ1) is 21.4. The molecule has 1 aliphatic rings. The normalized spacial score (nSPS) is 14.8. The third kappa shape index (κ3) is 5.20. The maximum atomic E-state index is 12.5. The van der Waals surface area contributed by atoms with Gasteiger partial charge in [-0.3, -0.25) is 24.5 Å². The van der Waals surface area contributed by atoms with Crippen molar-refractivity contribution in [1.82, 2.24) is 15.1 Å². The lowest BCUT2D eigenvalue weighted by atomic mass is 10.1. The zero-order chi connectivity index (χ0) is 21.7. The Labute approximate surface area is 177 Å². The van der Waals surface area contributed by atoms with Crippen molar-refractivity contribution in [3.63, 3.8) is 0 Å². The largest absolute Gasteiger partial charge is 0.349 e. The van der Waals surface area contributed by atoms with Crippen LogP contribution in [0.25, 0.3) is 0 Å². The van der Waals surface area contributed by atoms with E-state index in [1.165, 1.54) is 12.1 Å². The molecule has 1 N–H and O–H groups in total. The number of piperazine rings is 1. The molecular weight excluding hydrogens is 408 g/mol. The molecule has 2 heterocycles. The molecule has 9 nitrogen and oxygen atoms in total. The second kappa shape index (κ2) is 9.49. The quantitative estimate of drug-likeness (QED) is 0.557. The van der Waals surface area contributed by atoms with Gasteiger partial charge in [0, 0.05) is 50.3 Å². The number of nitro groups is 1. The summed E-state index contributed by atoms with van der Waals surface area (Å²) in [6.07, 6.45) is 0.170. The Morgan fingerprint density at radius 3 is 2.30 bits per heavy atom. The van der Waals surface area contributed by atoms with E-state index in [2.05, 4.69) is 5.32 Å². The SMILES string of the molecule is CC(CC(=O)N1CCN(C(=O)c2ccc([N+](=O)[O-])s2)CC1)NC(=O)c1ccccc1. The van der Waals surface area contributed by atoms with Gasteiger partial charge in [0.15, 0.2) is 0 Å². The van der Waals surface area contributed by atoms with Crippen molar-refractivity contribution in [1.29, 1.82) is 0 Å². The second-order valence-corrected chi connectivity index (χ2v) is 8.07. The molecule has 0 saturated carbocycles. The topological polar surface area (TPSA) is 113 Å². The molecule has 0 spiro atoms. The Bertz CT molecular complexity index is 938. The van der Waals surface area contributed by atoms with Gasteiger partial charge < -0.3 is 15.1 Å². The van der Waals surface area contributed by atoms with Gasteiger partial charge in [-0.15, -0.1) is 0 Å². The highest BCUT2D eigenvalue weighted by atomic mass is 32.1. The van der Waals surface area contributed by atoms with Crippen LogP contribution in [-0.4, -0.2) is 64.7 Å². The third-order valence-corrected chi connectivity index (χ3v) is 5.82. The molecule has 3 rings (SSSR count). The van der Waals surface area contributed by atoms with Gasteiger partial charge in [-0.05, 0) is 25.1 Å². The number of carbonyl (C=O) groups excluding carboxylic acids is 3. The Morgan fingerprint density at radius 1 is 1.07 bits per heavy atom. The third-order valence-electron chi connectivity index (χ3n) is 4.80. The monoisotopic (exact) mass is 430 g/mol. The van der Waals surface area contributed by atoms with Crippen molar-refractivity contribution in [2.24, 2.45) is 0 Å². The lowest BCUT2D eigenvalue weighted by Crippen LogP contribution is -2.51. The molecule has 30 heavy (non-hydrogen) atoms. The van der Waals surface area contributed by atoms with Crippen LogP contribution in [0.3, 0.4) is 0 Å². The zero-order valence-corrected chi connectivity index (χ0v) is 17.3. The first-order chi connectivity index (χ1) is 14.3. The van der Waals surface area contributed by atoms with Crippen molar-refractivity contribution >= 4 is 34.1 Å². The van der Waals surface area contributed by atoms with Crippen molar-refractivity contribution < 1.29 is 19.3 Å². The molecule has 1 aromatic heterocycles.